The zero-order valence-electron chi connectivity index (χ0n) is 9.84. The van der Waals surface area contributed by atoms with E-state index in [-0.39, 0.29) is 11.7 Å². The molecule has 16 heavy (non-hydrogen) atoms. The van der Waals surface area contributed by atoms with Crippen molar-refractivity contribution in [3.8, 4) is 0 Å². The smallest absolute Gasteiger partial charge is 0.358 e. The predicted molar refractivity (Wildman–Crippen MR) is 61.8 cm³/mol. The second-order valence-corrected chi connectivity index (χ2v) is 3.61. The third-order valence-corrected chi connectivity index (χ3v) is 2.71. The number of aromatic nitrogens is 2. The van der Waals surface area contributed by atoms with E-state index < -0.39 is 5.97 Å². The second-order valence-electron chi connectivity index (χ2n) is 3.61. The minimum absolute atomic E-state index is 0.0110. The van der Waals surface area contributed by atoms with Gasteiger partial charge in [-0.2, -0.15) is 0 Å². The summed E-state index contributed by atoms with van der Waals surface area (Å²) >= 11 is 0. The van der Waals surface area contributed by atoms with Gasteiger partial charge < -0.3 is 10.0 Å². The molecule has 0 amide bonds. The highest BCUT2D eigenvalue weighted by Gasteiger charge is 2.20. The molecular formula is C11H17N3O2. The molecule has 1 N–H and O–H groups in total. The molecule has 0 fully saturated rings. The Morgan fingerprint density at radius 2 is 1.94 bits per heavy atom. The Kier molecular flexibility index (Phi) is 4.22. The zero-order valence-corrected chi connectivity index (χ0v) is 9.84. The molecule has 0 aliphatic carbocycles. The first-order chi connectivity index (χ1) is 7.61. The Hall–Kier alpha value is -1.65. The number of nitrogens with zero attached hydrogens (tertiary/aromatic N) is 3. The molecule has 0 unspecified atom stereocenters. The van der Waals surface area contributed by atoms with E-state index in [1.807, 2.05) is 11.9 Å². The fourth-order valence-corrected chi connectivity index (χ4v) is 1.75. The lowest BCUT2D eigenvalue weighted by Crippen LogP contribution is -2.32. The fraction of sp³-hybridized carbons (Fsp3) is 0.545. The Morgan fingerprint density at radius 1 is 1.38 bits per heavy atom. The third-order valence-electron chi connectivity index (χ3n) is 2.71. The summed E-state index contributed by atoms with van der Waals surface area (Å²) in [5.41, 5.74) is 0.0110. The molecule has 0 atom stereocenters. The zero-order chi connectivity index (χ0) is 12.1. The van der Waals surface area contributed by atoms with E-state index in [1.54, 1.807) is 0 Å². The van der Waals surface area contributed by atoms with Crippen molar-refractivity contribution in [1.82, 2.24) is 9.97 Å². The maximum absolute atomic E-state index is 11.0. The van der Waals surface area contributed by atoms with E-state index in [2.05, 4.69) is 23.8 Å². The normalized spacial score (nSPS) is 10.5. The van der Waals surface area contributed by atoms with Crippen LogP contribution >= 0.6 is 0 Å². The van der Waals surface area contributed by atoms with Crippen LogP contribution in [0, 0.1) is 0 Å². The number of rotatable bonds is 5. The van der Waals surface area contributed by atoms with Crippen LogP contribution in [0.5, 0.6) is 0 Å². The predicted octanol–water partition coefficient (Wildman–Crippen LogP) is 1.80. The van der Waals surface area contributed by atoms with E-state index in [4.69, 9.17) is 5.11 Å². The summed E-state index contributed by atoms with van der Waals surface area (Å²) < 4.78 is 0. The number of hydrogen-bond donors (Lipinski definition) is 1. The fourth-order valence-electron chi connectivity index (χ4n) is 1.75. The molecule has 5 heteroatoms. The van der Waals surface area contributed by atoms with Crippen LogP contribution in [0.25, 0.3) is 0 Å². The number of carbonyl (C=O) groups is 1. The van der Waals surface area contributed by atoms with Gasteiger partial charge in [0, 0.05) is 25.5 Å². The lowest BCUT2D eigenvalue weighted by Gasteiger charge is -2.27. The van der Waals surface area contributed by atoms with Gasteiger partial charge in [0.15, 0.2) is 11.5 Å². The number of hydrogen-bond acceptors (Lipinski definition) is 4. The first kappa shape index (κ1) is 12.4. The van der Waals surface area contributed by atoms with Crippen molar-refractivity contribution in [2.75, 3.05) is 11.9 Å². The van der Waals surface area contributed by atoms with E-state index in [0.29, 0.717) is 5.82 Å². The minimum Gasteiger partial charge on any atom is -0.476 e. The lowest BCUT2D eigenvalue weighted by molar-refractivity contribution is 0.0690. The Morgan fingerprint density at radius 3 is 2.44 bits per heavy atom. The first-order valence-corrected chi connectivity index (χ1v) is 5.38. The highest BCUT2D eigenvalue weighted by atomic mass is 16.4. The van der Waals surface area contributed by atoms with Gasteiger partial charge in [-0.25, -0.2) is 14.8 Å². The van der Waals surface area contributed by atoms with Crippen molar-refractivity contribution in [2.24, 2.45) is 0 Å². The molecule has 0 aliphatic rings. The molecule has 1 aromatic rings. The Balaban J connectivity index is 3.07. The van der Waals surface area contributed by atoms with Gasteiger partial charge in [0.25, 0.3) is 0 Å². The van der Waals surface area contributed by atoms with Crippen molar-refractivity contribution < 1.29 is 9.90 Å². The van der Waals surface area contributed by atoms with Crippen molar-refractivity contribution in [3.63, 3.8) is 0 Å². The number of anilines is 1. The SMILES string of the molecule is CCC(CC)N(C)c1nccnc1C(=O)O. The summed E-state index contributed by atoms with van der Waals surface area (Å²) in [6, 6.07) is 0.287. The van der Waals surface area contributed by atoms with Gasteiger partial charge in [0.2, 0.25) is 0 Å². The average molecular weight is 223 g/mol. The summed E-state index contributed by atoms with van der Waals surface area (Å²) in [6.07, 6.45) is 4.81. The molecule has 0 aliphatic heterocycles. The van der Waals surface area contributed by atoms with Crippen LogP contribution in [-0.2, 0) is 0 Å². The summed E-state index contributed by atoms with van der Waals surface area (Å²) in [5, 5.41) is 9.01. The van der Waals surface area contributed by atoms with Crippen LogP contribution in [0.3, 0.4) is 0 Å². The third kappa shape index (κ3) is 2.48. The summed E-state index contributed by atoms with van der Waals surface area (Å²) in [6.45, 7) is 4.14. The van der Waals surface area contributed by atoms with Crippen molar-refractivity contribution in [3.05, 3.63) is 18.1 Å². The van der Waals surface area contributed by atoms with Crippen LogP contribution in [-0.4, -0.2) is 34.1 Å². The maximum Gasteiger partial charge on any atom is 0.358 e. The van der Waals surface area contributed by atoms with Gasteiger partial charge in [-0.1, -0.05) is 13.8 Å². The van der Waals surface area contributed by atoms with E-state index >= 15 is 0 Å². The van der Waals surface area contributed by atoms with Crippen LogP contribution in [0.2, 0.25) is 0 Å². The van der Waals surface area contributed by atoms with E-state index in [0.717, 1.165) is 12.8 Å². The molecule has 0 radical (unpaired) electrons. The summed E-state index contributed by atoms with van der Waals surface area (Å²) in [5.74, 6) is -0.607. The molecule has 1 aromatic heterocycles. The highest BCUT2D eigenvalue weighted by Crippen LogP contribution is 2.18. The van der Waals surface area contributed by atoms with Crippen LogP contribution in [0.1, 0.15) is 37.2 Å². The molecule has 0 saturated heterocycles. The van der Waals surface area contributed by atoms with Crippen molar-refractivity contribution in [1.29, 1.82) is 0 Å². The first-order valence-electron chi connectivity index (χ1n) is 5.38. The van der Waals surface area contributed by atoms with Gasteiger partial charge in [-0.15, -0.1) is 0 Å². The van der Waals surface area contributed by atoms with Crippen LogP contribution in [0.15, 0.2) is 12.4 Å². The maximum atomic E-state index is 11.0. The number of aromatic carboxylic acids is 1. The molecule has 0 bridgehead atoms. The molecule has 88 valence electrons. The van der Waals surface area contributed by atoms with Gasteiger partial charge in [0.1, 0.15) is 0 Å². The van der Waals surface area contributed by atoms with Gasteiger partial charge in [-0.3, -0.25) is 0 Å². The minimum atomic E-state index is -1.04. The van der Waals surface area contributed by atoms with Crippen molar-refractivity contribution >= 4 is 11.8 Å². The quantitative estimate of drug-likeness (QED) is 0.824. The van der Waals surface area contributed by atoms with E-state index in [1.165, 1.54) is 12.4 Å². The molecule has 1 rings (SSSR count). The Bertz CT molecular complexity index is 364. The topological polar surface area (TPSA) is 66.3 Å². The van der Waals surface area contributed by atoms with Gasteiger partial charge in [0.05, 0.1) is 0 Å². The second kappa shape index (κ2) is 5.44. The molecule has 0 aromatic carbocycles. The lowest BCUT2D eigenvalue weighted by atomic mass is 10.1. The van der Waals surface area contributed by atoms with E-state index in [9.17, 15) is 4.79 Å². The van der Waals surface area contributed by atoms with Crippen molar-refractivity contribution in [2.45, 2.75) is 32.7 Å². The number of carboxylic acid groups (broad SMARTS) is 1. The monoisotopic (exact) mass is 223 g/mol. The number of carboxylic acids is 1. The average Bonchev–Trinajstić information content (AvgIpc) is 2.30. The van der Waals surface area contributed by atoms with Crippen LogP contribution in [0.4, 0.5) is 5.82 Å². The largest absolute Gasteiger partial charge is 0.476 e. The van der Waals surface area contributed by atoms with Gasteiger partial charge >= 0.3 is 5.97 Å². The van der Waals surface area contributed by atoms with Gasteiger partial charge in [-0.05, 0) is 12.8 Å². The highest BCUT2D eigenvalue weighted by molar-refractivity contribution is 5.90. The molecule has 5 nitrogen and oxygen atoms in total. The van der Waals surface area contributed by atoms with Crippen LogP contribution < -0.4 is 4.90 Å². The summed E-state index contributed by atoms with van der Waals surface area (Å²) in [7, 11) is 1.86. The molecular weight excluding hydrogens is 206 g/mol. The Labute approximate surface area is 95.1 Å². The summed E-state index contributed by atoms with van der Waals surface area (Å²) in [4.78, 5) is 20.8. The standard InChI is InChI=1S/C11H17N3O2/c1-4-8(5-2)14(3)10-9(11(15)16)12-6-7-13-10/h6-8H,4-5H2,1-3H3,(H,15,16). The molecule has 0 saturated carbocycles. The molecule has 1 heterocycles. The molecule has 0 spiro atoms.